The minimum absolute atomic E-state index is 0.00962. The highest BCUT2D eigenvalue weighted by atomic mass is 16.3. The molecule has 1 aromatic heterocycles. The Labute approximate surface area is 187 Å². The molecule has 4 rings (SSSR count). The smallest absolute Gasteiger partial charge is 0.247 e. The summed E-state index contributed by atoms with van der Waals surface area (Å²) in [6.07, 6.45) is 13.9. The SMILES string of the molecule is CC(=N)c1ccc(O)c(/C=C/[C@H]2CCCN2C(=O)C2C=CC(c3ccc(=O)[nH]c3)=CC2)c1. The molecule has 0 bridgehead atoms. The molecule has 2 aliphatic rings. The average Bonchev–Trinajstić information content (AvgIpc) is 3.27. The minimum atomic E-state index is -0.201. The lowest BCUT2D eigenvalue weighted by Gasteiger charge is -2.27. The number of nitrogens with one attached hydrogen (secondary N) is 2. The number of phenolic OH excluding ortho intramolecular Hbond substituents is 1. The van der Waals surface area contributed by atoms with Gasteiger partial charge in [0.15, 0.2) is 0 Å². The monoisotopic (exact) mass is 429 g/mol. The van der Waals surface area contributed by atoms with Crippen molar-refractivity contribution in [2.75, 3.05) is 6.54 Å². The van der Waals surface area contributed by atoms with Gasteiger partial charge in [-0.05, 0) is 67.2 Å². The number of likely N-dealkylation sites (tertiary alicyclic amines) is 1. The fraction of sp³-hybridized carbons (Fsp3) is 0.269. The number of carbonyl (C=O) groups excluding carboxylic acids is 1. The maximum absolute atomic E-state index is 13.2. The molecule has 6 nitrogen and oxygen atoms in total. The molecule has 1 saturated heterocycles. The summed E-state index contributed by atoms with van der Waals surface area (Å²) in [5, 5.41) is 18.0. The van der Waals surface area contributed by atoms with Crippen LogP contribution in [-0.2, 0) is 4.79 Å². The van der Waals surface area contributed by atoms with Gasteiger partial charge in [-0.1, -0.05) is 30.4 Å². The highest BCUT2D eigenvalue weighted by Crippen LogP contribution is 2.29. The van der Waals surface area contributed by atoms with E-state index < -0.39 is 0 Å². The number of nitrogens with zero attached hydrogens (tertiary/aromatic N) is 1. The number of allylic oxidation sites excluding steroid dienone is 3. The van der Waals surface area contributed by atoms with E-state index in [1.54, 1.807) is 37.4 Å². The van der Waals surface area contributed by atoms with Gasteiger partial charge in [-0.3, -0.25) is 9.59 Å². The number of H-pyrrole nitrogens is 1. The molecule has 2 aromatic rings. The van der Waals surface area contributed by atoms with Crippen LogP contribution in [0.3, 0.4) is 0 Å². The summed E-state index contributed by atoms with van der Waals surface area (Å²) in [6, 6.07) is 8.39. The third kappa shape index (κ3) is 4.64. The summed E-state index contributed by atoms with van der Waals surface area (Å²) >= 11 is 0. The van der Waals surface area contributed by atoms with E-state index in [4.69, 9.17) is 5.41 Å². The van der Waals surface area contributed by atoms with Gasteiger partial charge in [-0.25, -0.2) is 0 Å². The number of amides is 1. The van der Waals surface area contributed by atoms with Gasteiger partial charge in [-0.15, -0.1) is 0 Å². The molecule has 1 aliphatic heterocycles. The van der Waals surface area contributed by atoms with Crippen molar-refractivity contribution >= 4 is 23.3 Å². The van der Waals surface area contributed by atoms with E-state index in [2.05, 4.69) is 4.98 Å². The first-order valence-corrected chi connectivity index (χ1v) is 10.9. The van der Waals surface area contributed by atoms with Crippen LogP contribution in [0.5, 0.6) is 5.75 Å². The van der Waals surface area contributed by atoms with Crippen molar-refractivity contribution in [2.24, 2.45) is 5.92 Å². The predicted octanol–water partition coefficient (Wildman–Crippen LogP) is 4.13. The Hall–Kier alpha value is -3.67. The summed E-state index contributed by atoms with van der Waals surface area (Å²) in [5.74, 6) is 0.0727. The van der Waals surface area contributed by atoms with Crippen molar-refractivity contribution in [1.29, 1.82) is 5.41 Å². The molecule has 0 saturated carbocycles. The van der Waals surface area contributed by atoms with E-state index in [1.807, 2.05) is 35.3 Å². The second-order valence-corrected chi connectivity index (χ2v) is 8.30. The molecule has 0 spiro atoms. The predicted molar refractivity (Wildman–Crippen MR) is 127 cm³/mol. The molecular weight excluding hydrogens is 402 g/mol. The van der Waals surface area contributed by atoms with Gasteiger partial charge in [0.25, 0.3) is 0 Å². The largest absolute Gasteiger partial charge is 0.507 e. The van der Waals surface area contributed by atoms with Crippen LogP contribution in [0.2, 0.25) is 0 Å². The third-order valence-corrected chi connectivity index (χ3v) is 6.08. The second kappa shape index (κ2) is 9.22. The van der Waals surface area contributed by atoms with Crippen LogP contribution in [0.1, 0.15) is 42.9 Å². The van der Waals surface area contributed by atoms with Crippen molar-refractivity contribution in [1.82, 2.24) is 9.88 Å². The van der Waals surface area contributed by atoms with E-state index in [1.165, 1.54) is 6.07 Å². The van der Waals surface area contributed by atoms with Gasteiger partial charge in [0.2, 0.25) is 11.5 Å². The van der Waals surface area contributed by atoms with Crippen LogP contribution in [0.15, 0.2) is 65.6 Å². The van der Waals surface area contributed by atoms with Gasteiger partial charge in [0.1, 0.15) is 5.75 Å². The Morgan fingerprint density at radius 3 is 2.81 bits per heavy atom. The number of hydrogen-bond acceptors (Lipinski definition) is 4. The average molecular weight is 430 g/mol. The van der Waals surface area contributed by atoms with Gasteiger partial charge < -0.3 is 20.4 Å². The normalized spacial score (nSPS) is 20.5. The zero-order valence-corrected chi connectivity index (χ0v) is 18.0. The molecule has 32 heavy (non-hydrogen) atoms. The number of pyridine rings is 1. The van der Waals surface area contributed by atoms with E-state index in [0.717, 1.165) is 36.1 Å². The molecule has 2 atom stereocenters. The zero-order chi connectivity index (χ0) is 22.7. The van der Waals surface area contributed by atoms with Gasteiger partial charge in [-0.2, -0.15) is 0 Å². The van der Waals surface area contributed by atoms with Crippen LogP contribution >= 0.6 is 0 Å². The quantitative estimate of drug-likeness (QED) is 0.624. The van der Waals surface area contributed by atoms with Crippen molar-refractivity contribution in [3.8, 4) is 5.75 Å². The minimum Gasteiger partial charge on any atom is -0.507 e. The number of aromatic hydroxyl groups is 1. The van der Waals surface area contributed by atoms with Gasteiger partial charge >= 0.3 is 0 Å². The number of aromatic nitrogens is 1. The lowest BCUT2D eigenvalue weighted by molar-refractivity contribution is -0.134. The third-order valence-electron chi connectivity index (χ3n) is 6.08. The van der Waals surface area contributed by atoms with Crippen LogP contribution < -0.4 is 5.56 Å². The molecule has 1 fully saturated rings. The fourth-order valence-electron chi connectivity index (χ4n) is 4.22. The van der Waals surface area contributed by atoms with Crippen molar-refractivity contribution in [3.63, 3.8) is 0 Å². The molecule has 1 aromatic carbocycles. The van der Waals surface area contributed by atoms with Gasteiger partial charge in [0, 0.05) is 30.1 Å². The molecule has 2 heterocycles. The number of benzene rings is 1. The van der Waals surface area contributed by atoms with E-state index in [0.29, 0.717) is 17.7 Å². The summed E-state index contributed by atoms with van der Waals surface area (Å²) in [7, 11) is 0. The summed E-state index contributed by atoms with van der Waals surface area (Å²) < 4.78 is 0. The highest BCUT2D eigenvalue weighted by molar-refractivity contribution is 5.97. The Morgan fingerprint density at radius 2 is 2.12 bits per heavy atom. The number of carbonyl (C=O) groups is 1. The number of rotatable bonds is 5. The first-order chi connectivity index (χ1) is 15.4. The van der Waals surface area contributed by atoms with Crippen LogP contribution in [-0.4, -0.2) is 39.2 Å². The molecule has 1 amide bonds. The molecule has 1 unspecified atom stereocenters. The van der Waals surface area contributed by atoms with Crippen molar-refractivity contribution in [2.45, 2.75) is 32.2 Å². The Morgan fingerprint density at radius 1 is 1.28 bits per heavy atom. The fourth-order valence-corrected chi connectivity index (χ4v) is 4.22. The summed E-state index contributed by atoms with van der Waals surface area (Å²) in [5.41, 5.74) is 3.65. The van der Waals surface area contributed by atoms with E-state index >= 15 is 0 Å². The number of aromatic amines is 1. The molecular formula is C26H27N3O3. The molecule has 3 N–H and O–H groups in total. The zero-order valence-electron chi connectivity index (χ0n) is 18.0. The topological polar surface area (TPSA) is 97.2 Å². The van der Waals surface area contributed by atoms with Crippen molar-refractivity contribution in [3.05, 3.63) is 87.9 Å². The van der Waals surface area contributed by atoms with E-state index in [-0.39, 0.29) is 29.2 Å². The summed E-state index contributed by atoms with van der Waals surface area (Å²) in [4.78, 5) is 29.1. The lowest BCUT2D eigenvalue weighted by Crippen LogP contribution is -2.38. The van der Waals surface area contributed by atoms with Crippen LogP contribution in [0.4, 0.5) is 0 Å². The number of phenols is 1. The Kier molecular flexibility index (Phi) is 6.21. The first-order valence-electron chi connectivity index (χ1n) is 10.9. The van der Waals surface area contributed by atoms with Crippen LogP contribution in [0, 0.1) is 11.3 Å². The molecule has 1 aliphatic carbocycles. The standard InChI is InChI=1S/C26H27N3O3/c1-17(27)20-9-12-24(30)21(15-20)8-11-23-3-2-14-29(23)26(32)19-6-4-18(5-7-19)22-10-13-25(31)28-16-22/h4-6,8-13,15-16,19,23,27,30H,2-3,7,14H2,1H3,(H,28,31)/b11-8+,27-17?/t19?,23-/m1/s1. The van der Waals surface area contributed by atoms with Gasteiger partial charge in [0.05, 0.1) is 12.0 Å². The lowest BCUT2D eigenvalue weighted by atomic mass is 9.92. The van der Waals surface area contributed by atoms with E-state index in [9.17, 15) is 14.7 Å². The van der Waals surface area contributed by atoms with Crippen LogP contribution in [0.25, 0.3) is 11.6 Å². The molecule has 6 heteroatoms. The molecule has 0 radical (unpaired) electrons. The first kappa shape index (κ1) is 21.6. The Bertz CT molecular complexity index is 1170. The maximum atomic E-state index is 13.2. The van der Waals surface area contributed by atoms with Crippen molar-refractivity contribution < 1.29 is 9.90 Å². The second-order valence-electron chi connectivity index (χ2n) is 8.30. The Balaban J connectivity index is 1.44. The summed E-state index contributed by atoms with van der Waals surface area (Å²) in [6.45, 7) is 2.44. The highest BCUT2D eigenvalue weighted by Gasteiger charge is 2.31. The number of hydrogen-bond donors (Lipinski definition) is 3. The maximum Gasteiger partial charge on any atom is 0.247 e. The molecule has 164 valence electrons.